The molecule has 1 unspecified atom stereocenters. The van der Waals surface area contributed by atoms with Gasteiger partial charge in [-0.05, 0) is 43.6 Å². The maximum Gasteiger partial charge on any atom is 0.244 e. The third kappa shape index (κ3) is 5.11. The number of benzene rings is 2. The van der Waals surface area contributed by atoms with Crippen molar-refractivity contribution in [2.75, 3.05) is 36.4 Å². The van der Waals surface area contributed by atoms with Crippen LogP contribution in [0.1, 0.15) is 37.3 Å². The van der Waals surface area contributed by atoms with Gasteiger partial charge in [-0.3, -0.25) is 19.3 Å². The van der Waals surface area contributed by atoms with E-state index >= 15 is 0 Å². The number of anilines is 2. The Kier molecular flexibility index (Phi) is 6.62. The standard InChI is InChI=1S/C24H28N4O3/c29-22(25-16-21(27-14-6-7-15-27)18-8-2-1-3-9-18)12-13-24(31)28-17-23(30)26-19-10-4-5-11-20(19)28/h1-5,8-11,21H,6-7,12-17H2,(H,25,29)(H,26,30). The molecule has 0 saturated carbocycles. The molecule has 1 fully saturated rings. The fourth-order valence-electron chi connectivity index (χ4n) is 4.30. The van der Waals surface area contributed by atoms with Gasteiger partial charge in [-0.15, -0.1) is 0 Å². The van der Waals surface area contributed by atoms with E-state index in [1.807, 2.05) is 30.3 Å². The van der Waals surface area contributed by atoms with Crippen molar-refractivity contribution in [1.29, 1.82) is 0 Å². The maximum atomic E-state index is 12.7. The zero-order valence-electron chi connectivity index (χ0n) is 17.5. The van der Waals surface area contributed by atoms with Crippen molar-refractivity contribution < 1.29 is 14.4 Å². The van der Waals surface area contributed by atoms with E-state index in [0.29, 0.717) is 17.9 Å². The Morgan fingerprint density at radius 2 is 1.68 bits per heavy atom. The molecule has 0 aliphatic carbocycles. The highest BCUT2D eigenvalue weighted by Gasteiger charge is 2.27. The van der Waals surface area contributed by atoms with Crippen molar-refractivity contribution in [3.63, 3.8) is 0 Å². The van der Waals surface area contributed by atoms with Gasteiger partial charge in [0.15, 0.2) is 0 Å². The summed E-state index contributed by atoms with van der Waals surface area (Å²) in [6.07, 6.45) is 2.52. The van der Waals surface area contributed by atoms with Crippen molar-refractivity contribution in [2.45, 2.75) is 31.7 Å². The molecule has 2 aliphatic heterocycles. The fourth-order valence-corrected chi connectivity index (χ4v) is 4.30. The molecule has 31 heavy (non-hydrogen) atoms. The van der Waals surface area contributed by atoms with Crippen molar-refractivity contribution in [2.24, 2.45) is 0 Å². The first-order chi connectivity index (χ1) is 15.1. The summed E-state index contributed by atoms with van der Waals surface area (Å²) in [4.78, 5) is 41.0. The van der Waals surface area contributed by atoms with Crippen LogP contribution >= 0.6 is 0 Å². The van der Waals surface area contributed by atoms with Gasteiger partial charge in [0.1, 0.15) is 6.54 Å². The average Bonchev–Trinajstić information content (AvgIpc) is 3.32. The molecule has 162 valence electrons. The summed E-state index contributed by atoms with van der Waals surface area (Å²) in [7, 11) is 0. The van der Waals surface area contributed by atoms with Crippen LogP contribution in [0.5, 0.6) is 0 Å². The fraction of sp³-hybridized carbons (Fsp3) is 0.375. The van der Waals surface area contributed by atoms with Gasteiger partial charge in [0.25, 0.3) is 0 Å². The largest absolute Gasteiger partial charge is 0.354 e. The minimum Gasteiger partial charge on any atom is -0.354 e. The predicted octanol–water partition coefficient (Wildman–Crippen LogP) is 2.71. The molecule has 2 aromatic carbocycles. The van der Waals surface area contributed by atoms with Gasteiger partial charge < -0.3 is 15.5 Å². The topological polar surface area (TPSA) is 81.8 Å². The van der Waals surface area contributed by atoms with Crippen molar-refractivity contribution in [3.05, 3.63) is 60.2 Å². The zero-order valence-corrected chi connectivity index (χ0v) is 17.5. The molecule has 4 rings (SSSR count). The minimum atomic E-state index is -0.229. The van der Waals surface area contributed by atoms with Gasteiger partial charge in [0.2, 0.25) is 17.7 Å². The highest BCUT2D eigenvalue weighted by atomic mass is 16.2. The van der Waals surface area contributed by atoms with Crippen LogP contribution < -0.4 is 15.5 Å². The van der Waals surface area contributed by atoms with Crippen molar-refractivity contribution >= 4 is 29.1 Å². The van der Waals surface area contributed by atoms with E-state index in [9.17, 15) is 14.4 Å². The molecule has 3 amide bonds. The zero-order chi connectivity index (χ0) is 21.6. The second kappa shape index (κ2) is 9.75. The summed E-state index contributed by atoms with van der Waals surface area (Å²) in [5.74, 6) is -0.604. The van der Waals surface area contributed by atoms with Gasteiger partial charge >= 0.3 is 0 Å². The van der Waals surface area contributed by atoms with Gasteiger partial charge in [-0.2, -0.15) is 0 Å². The molecule has 0 bridgehead atoms. The maximum absolute atomic E-state index is 12.7. The molecule has 2 heterocycles. The van der Waals surface area contributed by atoms with Gasteiger partial charge in [0, 0.05) is 19.4 Å². The molecule has 0 radical (unpaired) electrons. The van der Waals surface area contributed by atoms with E-state index in [2.05, 4.69) is 27.7 Å². The molecule has 0 aromatic heterocycles. The number of fused-ring (bicyclic) bond motifs is 1. The van der Waals surface area contributed by atoms with Crippen LogP contribution in [-0.2, 0) is 14.4 Å². The monoisotopic (exact) mass is 420 g/mol. The summed E-state index contributed by atoms with van der Waals surface area (Å²) in [6, 6.07) is 17.6. The first-order valence-corrected chi connectivity index (χ1v) is 10.9. The second-order valence-corrected chi connectivity index (χ2v) is 8.02. The number of nitrogens with zero attached hydrogens (tertiary/aromatic N) is 2. The summed E-state index contributed by atoms with van der Waals surface area (Å²) in [5.41, 5.74) is 2.48. The molecule has 7 nitrogen and oxygen atoms in total. The molecule has 2 aromatic rings. The van der Waals surface area contributed by atoms with Crippen molar-refractivity contribution in [3.8, 4) is 0 Å². The number of carbonyl (C=O) groups excluding carboxylic acids is 3. The number of carbonyl (C=O) groups is 3. The van der Waals surface area contributed by atoms with Crippen LogP contribution in [0.3, 0.4) is 0 Å². The second-order valence-electron chi connectivity index (χ2n) is 8.02. The number of likely N-dealkylation sites (tertiary alicyclic amines) is 1. The van der Waals surface area contributed by atoms with Crippen molar-refractivity contribution in [1.82, 2.24) is 10.2 Å². The summed E-state index contributed by atoms with van der Waals surface area (Å²) in [6.45, 7) is 2.56. The molecule has 1 atom stereocenters. The quantitative estimate of drug-likeness (QED) is 0.722. The van der Waals surface area contributed by atoms with Crippen LogP contribution in [0.2, 0.25) is 0 Å². The number of hydrogen-bond acceptors (Lipinski definition) is 4. The lowest BCUT2D eigenvalue weighted by atomic mass is 10.1. The summed E-state index contributed by atoms with van der Waals surface area (Å²) in [5, 5.41) is 5.78. The van der Waals surface area contributed by atoms with E-state index in [-0.39, 0.29) is 43.1 Å². The molecule has 2 N–H and O–H groups in total. The van der Waals surface area contributed by atoms with Crippen LogP contribution in [0.4, 0.5) is 11.4 Å². The SMILES string of the molecule is O=C(CCC(=O)N1CC(=O)Nc2ccccc21)NCC(c1ccccc1)N1CCCC1. The van der Waals surface area contributed by atoms with Crippen LogP contribution in [0.15, 0.2) is 54.6 Å². The third-order valence-corrected chi connectivity index (χ3v) is 5.90. The molecule has 0 spiro atoms. The Bertz CT molecular complexity index is 941. The molecule has 1 saturated heterocycles. The first kappa shape index (κ1) is 21.1. The molecular formula is C24H28N4O3. The van der Waals surface area contributed by atoms with E-state index < -0.39 is 0 Å². The third-order valence-electron chi connectivity index (χ3n) is 5.90. The molecular weight excluding hydrogens is 392 g/mol. The molecule has 7 heteroatoms. The van der Waals surface area contributed by atoms with E-state index in [1.54, 1.807) is 12.1 Å². The molecule has 2 aliphatic rings. The number of para-hydroxylation sites is 2. The van der Waals surface area contributed by atoms with Crippen LogP contribution in [-0.4, -0.2) is 48.8 Å². The Balaban J connectivity index is 1.32. The Morgan fingerprint density at radius 1 is 0.968 bits per heavy atom. The number of hydrogen-bond donors (Lipinski definition) is 2. The lowest BCUT2D eigenvalue weighted by Gasteiger charge is -2.29. The highest BCUT2D eigenvalue weighted by Crippen LogP contribution is 2.29. The Hall–Kier alpha value is -3.19. The minimum absolute atomic E-state index is 0.0253. The van der Waals surface area contributed by atoms with Crippen LogP contribution in [0, 0.1) is 0 Å². The highest BCUT2D eigenvalue weighted by molar-refractivity contribution is 6.10. The van der Waals surface area contributed by atoms with Gasteiger partial charge in [0.05, 0.1) is 17.4 Å². The van der Waals surface area contributed by atoms with E-state index in [1.165, 1.54) is 23.3 Å². The van der Waals surface area contributed by atoms with Gasteiger partial charge in [-0.25, -0.2) is 0 Å². The predicted molar refractivity (Wildman–Crippen MR) is 120 cm³/mol. The summed E-state index contributed by atoms with van der Waals surface area (Å²) >= 11 is 0. The summed E-state index contributed by atoms with van der Waals surface area (Å²) < 4.78 is 0. The van der Waals surface area contributed by atoms with Gasteiger partial charge in [-0.1, -0.05) is 42.5 Å². The first-order valence-electron chi connectivity index (χ1n) is 10.9. The Labute approximate surface area is 182 Å². The lowest BCUT2D eigenvalue weighted by molar-refractivity contribution is -0.126. The number of nitrogens with one attached hydrogen (secondary N) is 2. The van der Waals surface area contributed by atoms with E-state index in [0.717, 1.165) is 13.1 Å². The normalized spacial score (nSPS) is 17.0. The average molecular weight is 421 g/mol. The lowest BCUT2D eigenvalue weighted by Crippen LogP contribution is -2.42. The van der Waals surface area contributed by atoms with Crippen LogP contribution in [0.25, 0.3) is 0 Å². The van der Waals surface area contributed by atoms with E-state index in [4.69, 9.17) is 0 Å². The smallest absolute Gasteiger partial charge is 0.244 e. The number of rotatable bonds is 7. The number of amides is 3. The Morgan fingerprint density at radius 3 is 2.45 bits per heavy atom.